The third kappa shape index (κ3) is 5.48. The Bertz CT molecular complexity index is 1670. The first-order valence-electron chi connectivity index (χ1n) is 14.6. The maximum atomic E-state index is 12.6. The number of carbonyl (C=O) groups is 1. The number of aromatic nitrogens is 3. The SMILES string of the molecule is CCc1cc(O)ccc1N=C(N)c1cnn2cc(-c3cnc(OC)cc3C)cc2c1NC1CCN(C(=O)C2CC2)CC1. The van der Waals surface area contributed by atoms with Crippen LogP contribution in [-0.4, -0.2) is 62.6 Å². The molecule has 10 nitrogen and oxygen atoms in total. The zero-order valence-corrected chi connectivity index (χ0v) is 24.3. The molecule has 2 fully saturated rings. The number of aryl methyl sites for hydroxylation is 2. The summed E-state index contributed by atoms with van der Waals surface area (Å²) in [5.41, 5.74) is 13.7. The Balaban J connectivity index is 1.38. The van der Waals surface area contributed by atoms with E-state index < -0.39 is 0 Å². The number of likely N-dealkylation sites (tertiary alicyclic amines) is 1. The second-order valence-corrected chi connectivity index (χ2v) is 11.2. The van der Waals surface area contributed by atoms with Crippen LogP contribution in [0.3, 0.4) is 0 Å². The first kappa shape index (κ1) is 27.6. The number of piperidine rings is 1. The maximum Gasteiger partial charge on any atom is 0.225 e. The first-order valence-corrected chi connectivity index (χ1v) is 14.6. The van der Waals surface area contributed by atoms with Gasteiger partial charge in [-0.2, -0.15) is 5.10 Å². The molecule has 1 aliphatic carbocycles. The Morgan fingerprint density at radius 3 is 2.64 bits per heavy atom. The number of phenolic OH excluding ortho intramolecular Hbond substituents is 1. The zero-order valence-electron chi connectivity index (χ0n) is 24.3. The quantitative estimate of drug-likeness (QED) is 0.205. The van der Waals surface area contributed by atoms with Crippen LogP contribution in [0, 0.1) is 12.8 Å². The fourth-order valence-electron chi connectivity index (χ4n) is 5.68. The second-order valence-electron chi connectivity index (χ2n) is 11.2. The number of methoxy groups -OCH3 is 1. The number of hydrogen-bond acceptors (Lipinski definition) is 7. The summed E-state index contributed by atoms with van der Waals surface area (Å²) in [5, 5.41) is 18.4. The van der Waals surface area contributed by atoms with Gasteiger partial charge in [0.25, 0.3) is 0 Å². The fourth-order valence-corrected chi connectivity index (χ4v) is 5.68. The van der Waals surface area contributed by atoms with E-state index in [-0.39, 0.29) is 17.7 Å². The van der Waals surface area contributed by atoms with Crippen molar-refractivity contribution in [3.05, 3.63) is 65.6 Å². The minimum Gasteiger partial charge on any atom is -0.508 e. The van der Waals surface area contributed by atoms with Crippen molar-refractivity contribution in [1.29, 1.82) is 0 Å². The molecule has 4 heterocycles. The molecule has 6 rings (SSSR count). The van der Waals surface area contributed by atoms with E-state index in [0.717, 1.165) is 72.2 Å². The number of amides is 1. The van der Waals surface area contributed by atoms with Gasteiger partial charge in [-0.3, -0.25) is 4.79 Å². The molecule has 0 spiro atoms. The van der Waals surface area contributed by atoms with Crippen LogP contribution in [0.2, 0.25) is 0 Å². The van der Waals surface area contributed by atoms with Crippen LogP contribution in [0.5, 0.6) is 11.6 Å². The summed E-state index contributed by atoms with van der Waals surface area (Å²) in [6, 6.07) is 9.28. The lowest BCUT2D eigenvalue weighted by Crippen LogP contribution is -2.43. The first-order chi connectivity index (χ1) is 20.3. The predicted octanol–water partition coefficient (Wildman–Crippen LogP) is 4.83. The smallest absolute Gasteiger partial charge is 0.225 e. The number of phenols is 1. The van der Waals surface area contributed by atoms with E-state index in [0.29, 0.717) is 35.3 Å². The molecule has 1 aromatic carbocycles. The zero-order chi connectivity index (χ0) is 29.4. The van der Waals surface area contributed by atoms with Gasteiger partial charge in [-0.1, -0.05) is 6.92 Å². The van der Waals surface area contributed by atoms with E-state index in [1.165, 1.54) is 0 Å². The number of aromatic hydroxyl groups is 1. The van der Waals surface area contributed by atoms with E-state index in [9.17, 15) is 9.90 Å². The van der Waals surface area contributed by atoms with Crippen molar-refractivity contribution in [2.45, 2.75) is 52.0 Å². The summed E-state index contributed by atoms with van der Waals surface area (Å²) in [5.74, 6) is 1.64. The van der Waals surface area contributed by atoms with Crippen molar-refractivity contribution in [1.82, 2.24) is 19.5 Å². The molecule has 1 aliphatic heterocycles. The van der Waals surface area contributed by atoms with Crippen LogP contribution in [0.15, 0.2) is 53.9 Å². The molecule has 0 unspecified atom stereocenters. The van der Waals surface area contributed by atoms with Crippen LogP contribution in [0.4, 0.5) is 11.4 Å². The molecule has 1 saturated carbocycles. The highest BCUT2D eigenvalue weighted by Gasteiger charge is 2.35. The van der Waals surface area contributed by atoms with Crippen LogP contribution in [0.25, 0.3) is 16.6 Å². The van der Waals surface area contributed by atoms with Crippen molar-refractivity contribution < 1.29 is 14.6 Å². The van der Waals surface area contributed by atoms with Gasteiger partial charge in [0.1, 0.15) is 11.6 Å². The third-order valence-electron chi connectivity index (χ3n) is 8.29. The lowest BCUT2D eigenvalue weighted by atomic mass is 10.0. The average Bonchev–Trinajstić information content (AvgIpc) is 3.76. The number of nitrogens with zero attached hydrogens (tertiary/aromatic N) is 5. The van der Waals surface area contributed by atoms with Gasteiger partial charge in [0, 0.05) is 54.6 Å². The molecular formula is C32H37N7O3. The van der Waals surface area contributed by atoms with E-state index in [2.05, 4.69) is 16.4 Å². The van der Waals surface area contributed by atoms with Gasteiger partial charge in [0.05, 0.1) is 35.8 Å². The van der Waals surface area contributed by atoms with Gasteiger partial charge in [0.2, 0.25) is 11.8 Å². The summed E-state index contributed by atoms with van der Waals surface area (Å²) < 4.78 is 7.15. The number of anilines is 1. The Morgan fingerprint density at radius 2 is 1.95 bits per heavy atom. The third-order valence-corrected chi connectivity index (χ3v) is 8.29. The van der Waals surface area contributed by atoms with Crippen LogP contribution in [-0.2, 0) is 11.2 Å². The molecular weight excluding hydrogens is 530 g/mol. The Morgan fingerprint density at radius 1 is 1.17 bits per heavy atom. The van der Waals surface area contributed by atoms with Gasteiger partial charge in [-0.05, 0) is 74.4 Å². The van der Waals surface area contributed by atoms with Gasteiger partial charge in [-0.25, -0.2) is 14.5 Å². The van der Waals surface area contributed by atoms with Gasteiger partial charge < -0.3 is 25.8 Å². The van der Waals surface area contributed by atoms with Gasteiger partial charge in [-0.15, -0.1) is 0 Å². The van der Waals surface area contributed by atoms with Gasteiger partial charge in [0.15, 0.2) is 0 Å². The fraction of sp³-hybridized carbons (Fsp3) is 0.375. The number of hydrogen-bond donors (Lipinski definition) is 3. The average molecular weight is 568 g/mol. The monoisotopic (exact) mass is 567 g/mol. The minimum atomic E-state index is 0.161. The summed E-state index contributed by atoms with van der Waals surface area (Å²) in [4.78, 5) is 23.8. The number of aliphatic imine (C=N–C) groups is 1. The lowest BCUT2D eigenvalue weighted by Gasteiger charge is -2.33. The Hall–Kier alpha value is -4.60. The number of nitrogens with two attached hydrogens (primary N) is 1. The van der Waals surface area contributed by atoms with Crippen molar-refractivity contribution >= 4 is 28.6 Å². The Labute approximate surface area is 245 Å². The van der Waals surface area contributed by atoms with Gasteiger partial charge >= 0.3 is 0 Å². The van der Waals surface area contributed by atoms with E-state index in [1.54, 1.807) is 31.5 Å². The lowest BCUT2D eigenvalue weighted by molar-refractivity contribution is -0.133. The molecule has 3 aromatic heterocycles. The van der Waals surface area contributed by atoms with E-state index in [4.69, 9.17) is 20.6 Å². The molecule has 4 N–H and O–H groups in total. The largest absolute Gasteiger partial charge is 0.508 e. The normalized spacial score (nSPS) is 16.2. The number of benzene rings is 1. The number of ether oxygens (including phenoxy) is 1. The number of rotatable bonds is 8. The van der Waals surface area contributed by atoms with Crippen molar-refractivity contribution in [3.63, 3.8) is 0 Å². The van der Waals surface area contributed by atoms with Crippen LogP contribution >= 0.6 is 0 Å². The Kier molecular flexibility index (Phi) is 7.45. The highest BCUT2D eigenvalue weighted by atomic mass is 16.5. The molecule has 0 radical (unpaired) electrons. The number of nitrogens with one attached hydrogen (secondary N) is 1. The molecule has 4 aromatic rings. The maximum absolute atomic E-state index is 12.6. The van der Waals surface area contributed by atoms with E-state index in [1.807, 2.05) is 41.7 Å². The predicted molar refractivity (Wildman–Crippen MR) is 164 cm³/mol. The topological polar surface area (TPSA) is 130 Å². The summed E-state index contributed by atoms with van der Waals surface area (Å²) in [6.07, 6.45) is 9.99. The molecule has 2 aliphatic rings. The van der Waals surface area contributed by atoms with Crippen LogP contribution in [0.1, 0.15) is 49.3 Å². The highest BCUT2D eigenvalue weighted by molar-refractivity contribution is 6.06. The molecule has 0 bridgehead atoms. The summed E-state index contributed by atoms with van der Waals surface area (Å²) in [7, 11) is 1.61. The number of amidine groups is 1. The minimum absolute atomic E-state index is 0.161. The molecule has 0 atom stereocenters. The number of fused-ring (bicyclic) bond motifs is 1. The second kappa shape index (κ2) is 11.3. The molecule has 42 heavy (non-hydrogen) atoms. The van der Waals surface area contributed by atoms with E-state index >= 15 is 0 Å². The molecule has 1 amide bonds. The molecule has 1 saturated heterocycles. The molecule has 10 heteroatoms. The highest BCUT2D eigenvalue weighted by Crippen LogP contribution is 2.34. The summed E-state index contributed by atoms with van der Waals surface area (Å²) >= 11 is 0. The number of pyridine rings is 1. The summed E-state index contributed by atoms with van der Waals surface area (Å²) in [6.45, 7) is 5.53. The number of carbonyl (C=O) groups excluding carboxylic acids is 1. The standard InChI is InChI=1S/C32H37N7O3/c1-4-20-14-24(40)7-8-27(20)37-31(33)26-17-35-39-18-22(25-16-34-29(42-3)13-19(25)2)15-28(39)30(26)36-23-9-11-38(12-10-23)32(41)21-5-6-21/h7-8,13-18,21,23,36,40H,4-6,9-12H2,1-3H3,(H2,33,37). The van der Waals surface area contributed by atoms with Crippen molar-refractivity contribution in [2.24, 2.45) is 16.6 Å². The molecule has 218 valence electrons. The van der Waals surface area contributed by atoms with Crippen LogP contribution < -0.4 is 15.8 Å². The van der Waals surface area contributed by atoms with Crippen molar-refractivity contribution in [2.75, 3.05) is 25.5 Å². The van der Waals surface area contributed by atoms with Crippen molar-refractivity contribution in [3.8, 4) is 22.8 Å².